The van der Waals surface area contributed by atoms with Crippen molar-refractivity contribution < 1.29 is 19.1 Å². The van der Waals surface area contributed by atoms with Gasteiger partial charge in [0.1, 0.15) is 5.69 Å². The summed E-state index contributed by atoms with van der Waals surface area (Å²) in [6, 6.07) is 18.0. The van der Waals surface area contributed by atoms with Gasteiger partial charge in [0.2, 0.25) is 0 Å². The Morgan fingerprint density at radius 2 is 1.90 bits per heavy atom. The standard InChI is InChI=1S/C33H38N4O4/c1-21-27-12-13-28(30(21)36-34)35-15-5-17-41-20-22-6-8-24(9-7-22)31(38)37-16-14-23-10-11-25(18-26(23)19-37)29(27)33(2,3)32(39)40-4/h6-13,18,29,34-35H,5,14-17,19-20H2,1-4H3. The molecule has 1 atom stereocenters. The van der Waals surface area contributed by atoms with Gasteiger partial charge in [0.05, 0.1) is 24.8 Å². The van der Waals surface area contributed by atoms with Gasteiger partial charge in [-0.15, -0.1) is 0 Å². The van der Waals surface area contributed by atoms with E-state index in [1.165, 1.54) is 12.7 Å². The van der Waals surface area contributed by atoms with Gasteiger partial charge in [-0.1, -0.05) is 36.4 Å². The molecule has 0 aliphatic carbocycles. The highest BCUT2D eigenvalue weighted by Crippen LogP contribution is 2.46. The van der Waals surface area contributed by atoms with Gasteiger partial charge < -0.3 is 19.7 Å². The van der Waals surface area contributed by atoms with Gasteiger partial charge in [0, 0.05) is 37.7 Å². The van der Waals surface area contributed by atoms with Gasteiger partial charge in [0.25, 0.3) is 5.91 Å². The molecule has 1 unspecified atom stereocenters. The average Bonchev–Trinajstić information content (AvgIpc) is 2.98. The quantitative estimate of drug-likeness (QED) is 0.283. The van der Waals surface area contributed by atoms with Crippen LogP contribution in [0.4, 0.5) is 11.4 Å². The summed E-state index contributed by atoms with van der Waals surface area (Å²) < 4.78 is 11.1. The molecule has 8 nitrogen and oxygen atoms in total. The minimum Gasteiger partial charge on any atom is -0.469 e. The van der Waals surface area contributed by atoms with Crippen molar-refractivity contribution in [1.82, 2.24) is 4.90 Å². The molecule has 0 saturated carbocycles. The molecule has 0 fully saturated rings. The number of anilines is 1. The predicted octanol–water partition coefficient (Wildman–Crippen LogP) is 6.52. The van der Waals surface area contributed by atoms with E-state index in [2.05, 4.69) is 28.6 Å². The van der Waals surface area contributed by atoms with E-state index in [-0.39, 0.29) is 17.8 Å². The Hall–Kier alpha value is -4.04. The highest BCUT2D eigenvalue weighted by molar-refractivity contribution is 5.94. The minimum atomic E-state index is -0.916. The summed E-state index contributed by atoms with van der Waals surface area (Å²) in [5.41, 5.74) is 15.1. The summed E-state index contributed by atoms with van der Waals surface area (Å²) in [5.74, 6) is -0.682. The number of nitrogens with zero attached hydrogens (tertiary/aromatic N) is 2. The van der Waals surface area contributed by atoms with E-state index in [4.69, 9.17) is 15.0 Å². The Balaban J connectivity index is 1.63. The Bertz CT molecular complexity index is 1460. The topological polar surface area (TPSA) is 104 Å². The van der Waals surface area contributed by atoms with Crippen molar-refractivity contribution in [3.05, 3.63) is 93.5 Å². The van der Waals surface area contributed by atoms with E-state index in [1.54, 1.807) is 0 Å². The molecule has 0 spiro atoms. The highest BCUT2D eigenvalue weighted by Gasteiger charge is 2.41. The average molecular weight is 555 g/mol. The number of benzene rings is 3. The van der Waals surface area contributed by atoms with E-state index in [1.807, 2.05) is 62.1 Å². The van der Waals surface area contributed by atoms with Crippen LogP contribution >= 0.6 is 0 Å². The lowest BCUT2D eigenvalue weighted by Crippen LogP contribution is -2.36. The molecule has 5 aliphatic rings. The number of amides is 1. The second kappa shape index (κ2) is 11.8. The van der Waals surface area contributed by atoms with Crippen molar-refractivity contribution in [3.8, 4) is 0 Å². The zero-order valence-electron chi connectivity index (χ0n) is 24.3. The summed E-state index contributed by atoms with van der Waals surface area (Å²) in [4.78, 5) is 28.5. The fourth-order valence-electron chi connectivity index (χ4n) is 6.12. The molecule has 5 aliphatic heterocycles. The third-order valence-corrected chi connectivity index (χ3v) is 8.44. The van der Waals surface area contributed by atoms with Crippen molar-refractivity contribution in [2.24, 2.45) is 10.5 Å². The second-order valence-electron chi connectivity index (χ2n) is 11.5. The molecule has 3 aromatic carbocycles. The maximum atomic E-state index is 13.5. The Morgan fingerprint density at radius 1 is 1.12 bits per heavy atom. The molecule has 5 heterocycles. The summed E-state index contributed by atoms with van der Waals surface area (Å²) in [6.07, 6.45) is 1.54. The number of nitrogens with one attached hydrogen (secondary N) is 2. The molecule has 0 radical (unpaired) electrons. The van der Waals surface area contributed by atoms with Gasteiger partial charge >= 0.3 is 5.97 Å². The monoisotopic (exact) mass is 554 g/mol. The largest absolute Gasteiger partial charge is 0.469 e. The fourth-order valence-corrected chi connectivity index (χ4v) is 6.12. The number of esters is 1. The molecule has 1 amide bonds. The van der Waals surface area contributed by atoms with Crippen molar-refractivity contribution >= 4 is 23.3 Å². The van der Waals surface area contributed by atoms with Gasteiger partial charge in [0.15, 0.2) is 0 Å². The van der Waals surface area contributed by atoms with Crippen LogP contribution in [0.5, 0.6) is 0 Å². The normalized spacial score (nSPS) is 17.6. The summed E-state index contributed by atoms with van der Waals surface area (Å²) in [7, 11) is 1.41. The zero-order valence-corrected chi connectivity index (χ0v) is 24.3. The van der Waals surface area contributed by atoms with Gasteiger partial charge in [-0.3, -0.25) is 9.59 Å². The lowest BCUT2D eigenvalue weighted by atomic mass is 9.69. The molecule has 8 rings (SSSR count). The molecule has 0 aromatic heterocycles. The fraction of sp³-hybridized carbons (Fsp3) is 0.394. The third kappa shape index (κ3) is 5.61. The summed E-state index contributed by atoms with van der Waals surface area (Å²) >= 11 is 0. The number of ether oxygens (including phenoxy) is 2. The maximum Gasteiger partial charge on any atom is 0.312 e. The zero-order chi connectivity index (χ0) is 29.1. The number of rotatable bonds is 3. The molecule has 41 heavy (non-hydrogen) atoms. The molecule has 7 bridgehead atoms. The number of carbonyl (C=O) groups excluding carboxylic acids is 2. The van der Waals surface area contributed by atoms with Crippen LogP contribution in [0.3, 0.4) is 0 Å². The highest BCUT2D eigenvalue weighted by atomic mass is 16.5. The second-order valence-corrected chi connectivity index (χ2v) is 11.5. The van der Waals surface area contributed by atoms with Gasteiger partial charge in [-0.2, -0.15) is 5.11 Å². The van der Waals surface area contributed by atoms with Crippen LogP contribution in [0.2, 0.25) is 0 Å². The first-order chi connectivity index (χ1) is 19.7. The molecule has 214 valence electrons. The Labute approximate surface area is 241 Å². The van der Waals surface area contributed by atoms with E-state index in [9.17, 15) is 9.59 Å². The lowest BCUT2D eigenvalue weighted by molar-refractivity contribution is -0.151. The van der Waals surface area contributed by atoms with Gasteiger partial charge in [-0.05, 0) is 85.2 Å². The number of methoxy groups -OCH3 is 1. The van der Waals surface area contributed by atoms with Gasteiger partial charge in [-0.25, -0.2) is 5.53 Å². The van der Waals surface area contributed by atoms with Crippen molar-refractivity contribution in [2.75, 3.05) is 32.1 Å². The third-order valence-electron chi connectivity index (χ3n) is 8.44. The van der Waals surface area contributed by atoms with Crippen LogP contribution in [0.25, 0.3) is 0 Å². The predicted molar refractivity (Wildman–Crippen MR) is 158 cm³/mol. The molecule has 2 N–H and O–H groups in total. The van der Waals surface area contributed by atoms with E-state index >= 15 is 0 Å². The lowest BCUT2D eigenvalue weighted by Gasteiger charge is -2.35. The molecular formula is C33H38N4O4. The molecule has 0 saturated heterocycles. The number of hydrogen-bond acceptors (Lipinski definition) is 7. The first-order valence-corrected chi connectivity index (χ1v) is 14.2. The first-order valence-electron chi connectivity index (χ1n) is 14.2. The summed E-state index contributed by atoms with van der Waals surface area (Å²) in [6.45, 7) is 8.59. The van der Waals surface area contributed by atoms with Crippen molar-refractivity contribution in [1.29, 1.82) is 5.53 Å². The Morgan fingerprint density at radius 3 is 2.63 bits per heavy atom. The van der Waals surface area contributed by atoms with Crippen LogP contribution in [0, 0.1) is 17.9 Å². The molecule has 3 aromatic rings. The van der Waals surface area contributed by atoms with Crippen LogP contribution in [0.1, 0.15) is 69.9 Å². The van der Waals surface area contributed by atoms with E-state index in [0.29, 0.717) is 44.1 Å². The molecular weight excluding hydrogens is 516 g/mol. The van der Waals surface area contributed by atoms with Crippen molar-refractivity contribution in [3.63, 3.8) is 0 Å². The van der Waals surface area contributed by atoms with Crippen molar-refractivity contribution in [2.45, 2.75) is 52.7 Å². The van der Waals surface area contributed by atoms with Crippen LogP contribution < -0.4 is 5.32 Å². The van der Waals surface area contributed by atoms with Crippen LogP contribution in [-0.2, 0) is 33.8 Å². The smallest absolute Gasteiger partial charge is 0.312 e. The first kappa shape index (κ1) is 28.5. The maximum absolute atomic E-state index is 13.5. The number of hydrogen-bond donors (Lipinski definition) is 2. The molecule has 8 heteroatoms. The van der Waals surface area contributed by atoms with E-state index < -0.39 is 5.41 Å². The number of carbonyl (C=O) groups is 2. The van der Waals surface area contributed by atoms with Crippen LogP contribution in [0.15, 0.2) is 59.7 Å². The minimum absolute atomic E-state index is 0.00469. The SMILES string of the molecule is COC(=O)C(C)(C)C1c2ccc3c(c2)CN(CC3)C(=O)c2ccc(cc2)COCCCNc2ccc1c(C)c2N=N. The van der Waals surface area contributed by atoms with E-state index in [0.717, 1.165) is 46.3 Å². The Kier molecular flexibility index (Phi) is 8.22. The summed E-state index contributed by atoms with van der Waals surface area (Å²) in [5, 5.41) is 7.31. The van der Waals surface area contributed by atoms with Crippen LogP contribution in [-0.4, -0.2) is 43.6 Å².